The minimum absolute atomic E-state index is 0.0319. The van der Waals surface area contributed by atoms with Crippen LogP contribution < -0.4 is 5.32 Å². The van der Waals surface area contributed by atoms with E-state index in [-0.39, 0.29) is 11.8 Å². The van der Waals surface area contributed by atoms with Gasteiger partial charge in [0.2, 0.25) is 5.91 Å². The van der Waals surface area contributed by atoms with E-state index in [0.717, 1.165) is 23.2 Å². The van der Waals surface area contributed by atoms with E-state index in [2.05, 4.69) is 20.4 Å². The molecule has 1 aliphatic heterocycles. The Bertz CT molecular complexity index is 1000. The van der Waals surface area contributed by atoms with Gasteiger partial charge in [0.1, 0.15) is 0 Å². The van der Waals surface area contributed by atoms with Crippen molar-refractivity contribution in [2.45, 2.75) is 25.7 Å². The van der Waals surface area contributed by atoms with E-state index in [1.165, 1.54) is 18.3 Å². The number of piperidine rings is 1. The van der Waals surface area contributed by atoms with Crippen LogP contribution in [0.4, 0.5) is 5.13 Å². The average molecular weight is 384 g/mol. The monoisotopic (exact) mass is 384 g/mol. The topological polar surface area (TPSA) is 93.0 Å². The van der Waals surface area contributed by atoms with Crippen molar-refractivity contribution in [1.82, 2.24) is 24.6 Å². The zero-order valence-electron chi connectivity index (χ0n) is 15.2. The molecule has 1 aliphatic rings. The third-order valence-electron chi connectivity index (χ3n) is 4.71. The van der Waals surface area contributed by atoms with Crippen LogP contribution in [0.25, 0.3) is 10.3 Å². The van der Waals surface area contributed by atoms with E-state index in [9.17, 15) is 9.59 Å². The Morgan fingerprint density at radius 2 is 2.00 bits per heavy atom. The maximum absolute atomic E-state index is 12.5. The van der Waals surface area contributed by atoms with Gasteiger partial charge in [-0.3, -0.25) is 14.3 Å². The Morgan fingerprint density at radius 3 is 2.67 bits per heavy atom. The Morgan fingerprint density at radius 1 is 1.22 bits per heavy atom. The van der Waals surface area contributed by atoms with Crippen LogP contribution in [0.5, 0.6) is 0 Å². The number of hydrogen-bond donors (Lipinski definition) is 1. The summed E-state index contributed by atoms with van der Waals surface area (Å²) in [5.41, 5.74) is 2.29. The Labute approximate surface area is 160 Å². The number of aryl methyl sites for hydroxylation is 1. The number of amides is 2. The van der Waals surface area contributed by atoms with Crippen molar-refractivity contribution < 1.29 is 9.59 Å². The van der Waals surface area contributed by atoms with Crippen molar-refractivity contribution in [3.05, 3.63) is 35.8 Å². The highest BCUT2D eigenvalue weighted by Gasteiger charge is 2.26. The third-order valence-corrected chi connectivity index (χ3v) is 5.64. The maximum atomic E-state index is 12.5. The molecule has 9 heteroatoms. The van der Waals surface area contributed by atoms with Crippen LogP contribution in [-0.2, 0) is 11.8 Å². The molecule has 0 atom stereocenters. The van der Waals surface area contributed by atoms with E-state index >= 15 is 0 Å². The molecule has 140 valence electrons. The lowest BCUT2D eigenvalue weighted by atomic mass is 9.93. The molecule has 1 N–H and O–H groups in total. The second-order valence-corrected chi connectivity index (χ2v) is 7.76. The largest absolute Gasteiger partial charge is 0.339 e. The first-order valence-corrected chi connectivity index (χ1v) is 9.64. The number of thiazole rings is 1. The number of rotatable bonds is 3. The standard InChI is InChI=1S/C18H20N6O2S/c1-11(25)20-18-22-16-15(27-18)4-3-14(21-16)12-5-7-24(8-6-12)17(26)13-9-19-23(2)10-13/h3-4,9-10,12H,5-8H2,1-2H3,(H,20,21,22,25). The van der Waals surface area contributed by atoms with Crippen LogP contribution in [0.15, 0.2) is 24.5 Å². The number of nitrogens with one attached hydrogen (secondary N) is 1. The van der Waals surface area contributed by atoms with Gasteiger partial charge in [-0.2, -0.15) is 10.1 Å². The van der Waals surface area contributed by atoms with Crippen molar-refractivity contribution in [2.75, 3.05) is 18.4 Å². The van der Waals surface area contributed by atoms with E-state index in [0.29, 0.717) is 35.3 Å². The van der Waals surface area contributed by atoms with Crippen molar-refractivity contribution in [3.63, 3.8) is 0 Å². The number of carbonyl (C=O) groups is 2. The molecule has 0 aromatic carbocycles. The van der Waals surface area contributed by atoms with E-state index in [1.54, 1.807) is 24.1 Å². The molecule has 3 aromatic rings. The van der Waals surface area contributed by atoms with Gasteiger partial charge < -0.3 is 10.2 Å². The average Bonchev–Trinajstić information content (AvgIpc) is 3.25. The first kappa shape index (κ1) is 17.6. The van der Waals surface area contributed by atoms with Crippen LogP contribution in [-0.4, -0.2) is 49.6 Å². The minimum Gasteiger partial charge on any atom is -0.339 e. The Hall–Kier alpha value is -2.81. The quantitative estimate of drug-likeness (QED) is 0.748. The number of carbonyl (C=O) groups excluding carboxylic acids is 2. The first-order valence-electron chi connectivity index (χ1n) is 8.82. The van der Waals surface area contributed by atoms with Crippen LogP contribution in [0, 0.1) is 0 Å². The predicted octanol–water partition coefficient (Wildman–Crippen LogP) is 2.40. The smallest absolute Gasteiger partial charge is 0.257 e. The van der Waals surface area contributed by atoms with Crippen molar-refractivity contribution in [1.29, 1.82) is 0 Å². The Kier molecular flexibility index (Phi) is 4.61. The molecule has 3 aromatic heterocycles. The molecule has 0 radical (unpaired) electrons. The lowest BCUT2D eigenvalue weighted by Gasteiger charge is -2.31. The maximum Gasteiger partial charge on any atom is 0.257 e. The fourth-order valence-electron chi connectivity index (χ4n) is 3.36. The summed E-state index contributed by atoms with van der Waals surface area (Å²) >= 11 is 1.42. The summed E-state index contributed by atoms with van der Waals surface area (Å²) in [6.45, 7) is 2.87. The summed E-state index contributed by atoms with van der Waals surface area (Å²) in [7, 11) is 1.81. The summed E-state index contributed by atoms with van der Waals surface area (Å²) in [6.07, 6.45) is 5.10. The van der Waals surface area contributed by atoms with Gasteiger partial charge in [0.15, 0.2) is 10.8 Å². The molecule has 1 fully saturated rings. The van der Waals surface area contributed by atoms with Crippen molar-refractivity contribution in [2.24, 2.45) is 7.05 Å². The fraction of sp³-hybridized carbons (Fsp3) is 0.389. The zero-order valence-corrected chi connectivity index (χ0v) is 16.0. The van der Waals surface area contributed by atoms with Gasteiger partial charge in [0.25, 0.3) is 5.91 Å². The van der Waals surface area contributed by atoms with Crippen molar-refractivity contribution >= 4 is 38.6 Å². The Balaban J connectivity index is 1.44. The molecule has 0 aliphatic carbocycles. The van der Waals surface area contributed by atoms with Gasteiger partial charge in [-0.25, -0.2) is 4.98 Å². The molecule has 2 amide bonds. The second kappa shape index (κ2) is 7.07. The molecular weight excluding hydrogens is 364 g/mol. The number of fused-ring (bicyclic) bond motifs is 1. The molecule has 0 bridgehead atoms. The molecule has 1 saturated heterocycles. The highest BCUT2D eigenvalue weighted by molar-refractivity contribution is 7.22. The molecular formula is C18H20N6O2S. The summed E-state index contributed by atoms with van der Waals surface area (Å²) < 4.78 is 2.59. The lowest BCUT2D eigenvalue weighted by Crippen LogP contribution is -2.37. The van der Waals surface area contributed by atoms with Crippen LogP contribution in [0.3, 0.4) is 0 Å². The van der Waals surface area contributed by atoms with Gasteiger partial charge >= 0.3 is 0 Å². The lowest BCUT2D eigenvalue weighted by molar-refractivity contribution is -0.114. The van der Waals surface area contributed by atoms with E-state index in [4.69, 9.17) is 0 Å². The summed E-state index contributed by atoms with van der Waals surface area (Å²) in [4.78, 5) is 34.7. The molecule has 0 spiro atoms. The second-order valence-electron chi connectivity index (χ2n) is 6.73. The molecule has 27 heavy (non-hydrogen) atoms. The number of aromatic nitrogens is 4. The van der Waals surface area contributed by atoms with Crippen LogP contribution in [0.2, 0.25) is 0 Å². The summed E-state index contributed by atoms with van der Waals surface area (Å²) in [5.74, 6) is 0.197. The first-order chi connectivity index (χ1) is 13.0. The van der Waals surface area contributed by atoms with E-state index in [1.807, 2.05) is 17.0 Å². The molecule has 4 heterocycles. The normalized spacial score (nSPS) is 15.3. The SMILES string of the molecule is CC(=O)Nc1nc2nc(C3CCN(C(=O)c4cnn(C)c4)CC3)ccc2s1. The number of nitrogens with zero attached hydrogens (tertiary/aromatic N) is 5. The van der Waals surface area contributed by atoms with Crippen LogP contribution >= 0.6 is 11.3 Å². The summed E-state index contributed by atoms with van der Waals surface area (Å²) in [6, 6.07) is 4.04. The van der Waals surface area contributed by atoms with Gasteiger partial charge in [-0.05, 0) is 25.0 Å². The number of hydrogen-bond acceptors (Lipinski definition) is 6. The van der Waals surface area contributed by atoms with Gasteiger partial charge in [0.05, 0.1) is 16.5 Å². The predicted molar refractivity (Wildman–Crippen MR) is 103 cm³/mol. The molecule has 8 nitrogen and oxygen atoms in total. The van der Waals surface area contributed by atoms with Crippen molar-refractivity contribution in [3.8, 4) is 0 Å². The number of pyridine rings is 1. The van der Waals surface area contributed by atoms with Gasteiger partial charge in [0, 0.05) is 44.9 Å². The highest BCUT2D eigenvalue weighted by Crippen LogP contribution is 2.31. The molecule has 4 rings (SSSR count). The minimum atomic E-state index is -0.139. The fourth-order valence-corrected chi connectivity index (χ4v) is 4.21. The third kappa shape index (κ3) is 3.68. The van der Waals surface area contributed by atoms with E-state index < -0.39 is 0 Å². The number of likely N-dealkylation sites (tertiary alicyclic amines) is 1. The highest BCUT2D eigenvalue weighted by atomic mass is 32.1. The zero-order chi connectivity index (χ0) is 19.0. The number of anilines is 1. The van der Waals surface area contributed by atoms with Gasteiger partial charge in [-0.1, -0.05) is 11.3 Å². The van der Waals surface area contributed by atoms with Crippen LogP contribution in [0.1, 0.15) is 41.7 Å². The summed E-state index contributed by atoms with van der Waals surface area (Å²) in [5, 5.41) is 7.35. The molecule has 0 saturated carbocycles. The van der Waals surface area contributed by atoms with Gasteiger partial charge in [-0.15, -0.1) is 0 Å². The molecule has 0 unspecified atom stereocenters.